The predicted molar refractivity (Wildman–Crippen MR) is 139 cm³/mol. The van der Waals surface area contributed by atoms with Gasteiger partial charge < -0.3 is 4.74 Å². The minimum atomic E-state index is 0.356. The van der Waals surface area contributed by atoms with Crippen LogP contribution in [0.4, 0.5) is 0 Å². The number of rotatable bonds is 4. The molecule has 1 aromatic rings. The van der Waals surface area contributed by atoms with Crippen molar-refractivity contribution in [3.8, 4) is 0 Å². The topological polar surface area (TPSA) is 9.23 Å². The Balaban J connectivity index is 1.72. The fraction of sp³-hybridized carbons (Fsp3) is 0.548. The molecule has 0 spiro atoms. The van der Waals surface area contributed by atoms with Crippen LogP contribution in [0.15, 0.2) is 72.1 Å². The van der Waals surface area contributed by atoms with E-state index in [0.29, 0.717) is 53.8 Å². The highest BCUT2D eigenvalue weighted by molar-refractivity contribution is 6.09. The van der Waals surface area contributed by atoms with Crippen molar-refractivity contribution in [1.82, 2.24) is 0 Å². The number of ether oxygens (including phenoxy) is 1. The SMILES string of the molecule is [B]CC=CC1c2ccccc2C2C3=C(CCC2C(C)C(C=CC)C1CC)OC1CCC=CC31. The summed E-state index contributed by atoms with van der Waals surface area (Å²) >= 11 is 0. The number of hydrogen-bond donors (Lipinski definition) is 0. The monoisotopic (exact) mass is 438 g/mol. The van der Waals surface area contributed by atoms with Gasteiger partial charge in [-0.25, -0.2) is 0 Å². The molecule has 0 saturated heterocycles. The molecule has 5 rings (SSSR count). The third-order valence-corrected chi connectivity index (χ3v) is 9.10. The molecule has 1 aliphatic heterocycles. The molecule has 0 N–H and O–H groups in total. The van der Waals surface area contributed by atoms with Gasteiger partial charge in [-0.2, -0.15) is 0 Å². The zero-order valence-corrected chi connectivity index (χ0v) is 20.6. The van der Waals surface area contributed by atoms with E-state index in [9.17, 15) is 0 Å². The third-order valence-electron chi connectivity index (χ3n) is 9.10. The summed E-state index contributed by atoms with van der Waals surface area (Å²) in [6, 6.07) is 9.34. The van der Waals surface area contributed by atoms with Gasteiger partial charge in [-0.15, -0.1) is 0 Å². The van der Waals surface area contributed by atoms with Crippen LogP contribution in [0.1, 0.15) is 75.8 Å². The van der Waals surface area contributed by atoms with E-state index in [1.54, 1.807) is 11.1 Å². The highest BCUT2D eigenvalue weighted by Crippen LogP contribution is 2.58. The van der Waals surface area contributed by atoms with Crippen LogP contribution >= 0.6 is 0 Å². The van der Waals surface area contributed by atoms with Crippen molar-refractivity contribution in [2.24, 2.45) is 29.6 Å². The van der Waals surface area contributed by atoms with Gasteiger partial charge in [0.1, 0.15) is 6.10 Å². The number of allylic oxidation sites excluding steroid dienone is 6. The Morgan fingerprint density at radius 2 is 1.94 bits per heavy atom. The van der Waals surface area contributed by atoms with Crippen molar-refractivity contribution in [1.29, 1.82) is 0 Å². The van der Waals surface area contributed by atoms with Gasteiger partial charge in [0.25, 0.3) is 0 Å². The van der Waals surface area contributed by atoms with Crippen LogP contribution in [0.3, 0.4) is 0 Å². The van der Waals surface area contributed by atoms with Crippen molar-refractivity contribution < 1.29 is 4.74 Å². The lowest BCUT2D eigenvalue weighted by atomic mass is 9.56. The zero-order valence-electron chi connectivity index (χ0n) is 20.6. The van der Waals surface area contributed by atoms with Gasteiger partial charge in [-0.1, -0.05) is 87.3 Å². The molecule has 2 heteroatoms. The number of hydrogen-bond acceptors (Lipinski definition) is 1. The summed E-state index contributed by atoms with van der Waals surface area (Å²) in [5, 5.41) is 0. The van der Waals surface area contributed by atoms with Gasteiger partial charge in [0.2, 0.25) is 0 Å². The second kappa shape index (κ2) is 9.73. The van der Waals surface area contributed by atoms with Crippen LogP contribution in [-0.4, -0.2) is 14.0 Å². The lowest BCUT2D eigenvalue weighted by Gasteiger charge is -2.47. The molecule has 172 valence electrons. The smallest absolute Gasteiger partial charge is 0.109 e. The molecular weight excluding hydrogens is 399 g/mol. The Morgan fingerprint density at radius 1 is 1.12 bits per heavy atom. The quantitative estimate of drug-likeness (QED) is 0.343. The molecule has 8 unspecified atom stereocenters. The summed E-state index contributed by atoms with van der Waals surface area (Å²) in [6.07, 6.45) is 21.1. The molecule has 0 amide bonds. The van der Waals surface area contributed by atoms with E-state index in [0.717, 1.165) is 19.3 Å². The first-order valence-electron chi connectivity index (χ1n) is 13.3. The molecule has 0 bridgehead atoms. The van der Waals surface area contributed by atoms with Crippen LogP contribution in [0.2, 0.25) is 6.32 Å². The summed E-state index contributed by atoms with van der Waals surface area (Å²) in [4.78, 5) is 0. The van der Waals surface area contributed by atoms with Crippen molar-refractivity contribution in [2.75, 3.05) is 0 Å². The lowest BCUT2D eigenvalue weighted by Crippen LogP contribution is -2.38. The third kappa shape index (κ3) is 3.88. The van der Waals surface area contributed by atoms with Gasteiger partial charge in [0.15, 0.2) is 0 Å². The van der Waals surface area contributed by atoms with E-state index in [-0.39, 0.29) is 0 Å². The van der Waals surface area contributed by atoms with Gasteiger partial charge in [0, 0.05) is 24.2 Å². The van der Waals surface area contributed by atoms with Crippen LogP contribution in [0.5, 0.6) is 0 Å². The van der Waals surface area contributed by atoms with Crippen LogP contribution < -0.4 is 0 Å². The van der Waals surface area contributed by atoms with E-state index in [1.165, 1.54) is 24.2 Å². The van der Waals surface area contributed by atoms with Crippen LogP contribution in [0, 0.1) is 29.6 Å². The predicted octanol–water partition coefficient (Wildman–Crippen LogP) is 7.89. The normalized spacial score (nSPS) is 37.8. The summed E-state index contributed by atoms with van der Waals surface area (Å²) in [5.74, 6) is 5.05. The number of fused-ring (bicyclic) bond motifs is 6. The molecule has 0 aromatic heterocycles. The van der Waals surface area contributed by atoms with E-state index in [1.807, 2.05) is 0 Å². The Kier molecular flexibility index (Phi) is 6.73. The van der Waals surface area contributed by atoms with Gasteiger partial charge in [-0.05, 0) is 66.6 Å². The average molecular weight is 438 g/mol. The lowest BCUT2D eigenvalue weighted by molar-refractivity contribution is 0.103. The fourth-order valence-corrected chi connectivity index (χ4v) is 7.70. The Hall–Kier alpha value is -1.96. The standard InChI is InChI=1S/C31H39BO/c1-4-11-22-20(3)23-17-18-29-31(27-14-8-9-16-28(27)33-29)30(23)26-13-7-6-12-25(26)24(15-10-19-32)21(22)5-2/h4,6-8,10-15,20-24,27-28,30H,5,9,16-19H2,1-3H3. The summed E-state index contributed by atoms with van der Waals surface area (Å²) < 4.78 is 6.63. The Bertz CT molecular complexity index is 969. The molecule has 0 fully saturated rings. The minimum Gasteiger partial charge on any atom is -0.494 e. The van der Waals surface area contributed by atoms with Crippen LogP contribution in [0.25, 0.3) is 0 Å². The molecule has 1 heterocycles. The van der Waals surface area contributed by atoms with Gasteiger partial charge in [0.05, 0.1) is 13.6 Å². The first kappa shape index (κ1) is 22.8. The molecule has 1 nitrogen and oxygen atoms in total. The van der Waals surface area contributed by atoms with Crippen LogP contribution in [-0.2, 0) is 4.74 Å². The minimum absolute atomic E-state index is 0.356. The van der Waals surface area contributed by atoms with Crippen molar-refractivity contribution in [2.45, 2.75) is 77.1 Å². The first-order chi connectivity index (χ1) is 16.2. The first-order valence-corrected chi connectivity index (χ1v) is 13.3. The van der Waals surface area contributed by atoms with E-state index >= 15 is 0 Å². The number of benzene rings is 1. The highest BCUT2D eigenvalue weighted by atomic mass is 16.5. The molecule has 2 radical (unpaired) electrons. The second-order valence-corrected chi connectivity index (χ2v) is 10.6. The maximum Gasteiger partial charge on any atom is 0.109 e. The van der Waals surface area contributed by atoms with Crippen molar-refractivity contribution in [3.05, 3.63) is 83.2 Å². The summed E-state index contributed by atoms with van der Waals surface area (Å²) in [6.45, 7) is 7.11. The zero-order chi connectivity index (χ0) is 22.9. The molecule has 3 aliphatic carbocycles. The summed E-state index contributed by atoms with van der Waals surface area (Å²) in [7, 11) is 5.96. The largest absolute Gasteiger partial charge is 0.494 e. The molecule has 4 aliphatic rings. The highest BCUT2D eigenvalue weighted by Gasteiger charge is 2.49. The maximum absolute atomic E-state index is 6.63. The van der Waals surface area contributed by atoms with Crippen molar-refractivity contribution in [3.63, 3.8) is 0 Å². The molecule has 8 atom stereocenters. The van der Waals surface area contributed by atoms with Gasteiger partial charge >= 0.3 is 0 Å². The molecule has 1 aromatic carbocycles. The van der Waals surface area contributed by atoms with Crippen molar-refractivity contribution >= 4 is 7.85 Å². The van der Waals surface area contributed by atoms with E-state index in [4.69, 9.17) is 12.6 Å². The maximum atomic E-state index is 6.63. The Morgan fingerprint density at radius 3 is 2.70 bits per heavy atom. The molecular formula is C31H39BO. The van der Waals surface area contributed by atoms with E-state index in [2.05, 4.69) is 81.5 Å². The fourth-order valence-electron chi connectivity index (χ4n) is 7.70. The van der Waals surface area contributed by atoms with E-state index < -0.39 is 0 Å². The Labute approximate surface area is 202 Å². The average Bonchev–Trinajstić information content (AvgIpc) is 3.23. The molecule has 33 heavy (non-hydrogen) atoms. The molecule has 0 saturated carbocycles. The second-order valence-electron chi connectivity index (χ2n) is 10.6. The summed E-state index contributed by atoms with van der Waals surface area (Å²) in [5.41, 5.74) is 4.68. The van der Waals surface area contributed by atoms with Gasteiger partial charge in [-0.3, -0.25) is 0 Å².